The molecule has 1 aromatic carbocycles. The molecule has 0 bridgehead atoms. The first-order valence-corrected chi connectivity index (χ1v) is 7.55. The zero-order valence-electron chi connectivity index (χ0n) is 13.1. The van der Waals surface area contributed by atoms with Crippen molar-refractivity contribution >= 4 is 5.91 Å². The summed E-state index contributed by atoms with van der Waals surface area (Å²) >= 11 is 0. The van der Waals surface area contributed by atoms with Crippen molar-refractivity contribution in [3.05, 3.63) is 59.9 Å². The number of ether oxygens (including phenoxy) is 1. The van der Waals surface area contributed by atoms with Gasteiger partial charge in [0.15, 0.2) is 0 Å². The summed E-state index contributed by atoms with van der Waals surface area (Å²) in [4.78, 5) is 16.0. The van der Waals surface area contributed by atoms with Gasteiger partial charge in [-0.3, -0.25) is 9.78 Å². The molecule has 4 heteroatoms. The van der Waals surface area contributed by atoms with Crippen LogP contribution >= 0.6 is 0 Å². The maximum Gasteiger partial charge on any atom is 0.251 e. The molecule has 2 aromatic rings. The van der Waals surface area contributed by atoms with E-state index in [9.17, 15) is 4.79 Å². The summed E-state index contributed by atoms with van der Waals surface area (Å²) in [6, 6.07) is 11.2. The highest BCUT2D eigenvalue weighted by Crippen LogP contribution is 2.14. The van der Waals surface area contributed by atoms with Crippen LogP contribution in [0.1, 0.15) is 29.8 Å². The van der Waals surface area contributed by atoms with Crippen molar-refractivity contribution in [3.8, 4) is 5.75 Å². The molecule has 0 unspecified atom stereocenters. The van der Waals surface area contributed by atoms with Gasteiger partial charge < -0.3 is 10.1 Å². The molecule has 1 heterocycles. The first-order chi connectivity index (χ1) is 10.6. The molecule has 0 atom stereocenters. The third-order valence-electron chi connectivity index (χ3n) is 3.18. The van der Waals surface area contributed by atoms with Crippen molar-refractivity contribution in [1.82, 2.24) is 10.3 Å². The Morgan fingerprint density at radius 3 is 2.73 bits per heavy atom. The molecule has 116 valence electrons. The van der Waals surface area contributed by atoms with Gasteiger partial charge in [-0.25, -0.2) is 0 Å². The number of hydrogen-bond donors (Lipinski definition) is 1. The highest BCUT2D eigenvalue weighted by atomic mass is 16.5. The van der Waals surface area contributed by atoms with Gasteiger partial charge in [0.05, 0.1) is 6.61 Å². The summed E-state index contributed by atoms with van der Waals surface area (Å²) in [5.41, 5.74) is 1.81. The minimum absolute atomic E-state index is 0.0618. The van der Waals surface area contributed by atoms with Gasteiger partial charge in [0.1, 0.15) is 5.75 Å². The van der Waals surface area contributed by atoms with Crippen molar-refractivity contribution in [2.24, 2.45) is 5.92 Å². The van der Waals surface area contributed by atoms with E-state index < -0.39 is 0 Å². The second kappa shape index (κ2) is 8.17. The van der Waals surface area contributed by atoms with E-state index in [0.717, 1.165) is 6.42 Å². The third-order valence-corrected chi connectivity index (χ3v) is 3.18. The van der Waals surface area contributed by atoms with Crippen molar-refractivity contribution < 1.29 is 9.53 Å². The van der Waals surface area contributed by atoms with Gasteiger partial charge in [0.25, 0.3) is 5.91 Å². The standard InChI is InChI=1S/C18H22N2O2/c1-14(2)13-20-18(21)16-4-3-5-17(12-16)22-11-8-15-6-9-19-10-7-15/h3-7,9-10,12,14H,8,11,13H2,1-2H3,(H,20,21). The van der Waals surface area contributed by atoms with Crippen LogP contribution < -0.4 is 10.1 Å². The van der Waals surface area contributed by atoms with Gasteiger partial charge in [-0.05, 0) is 41.8 Å². The van der Waals surface area contributed by atoms with Crippen molar-refractivity contribution in [1.29, 1.82) is 0 Å². The molecule has 0 aliphatic heterocycles. The summed E-state index contributed by atoms with van der Waals surface area (Å²) in [7, 11) is 0. The minimum Gasteiger partial charge on any atom is -0.493 e. The van der Waals surface area contributed by atoms with Gasteiger partial charge >= 0.3 is 0 Å². The van der Waals surface area contributed by atoms with Crippen LogP contribution in [0.2, 0.25) is 0 Å². The van der Waals surface area contributed by atoms with Crippen LogP contribution in [0.5, 0.6) is 5.75 Å². The zero-order chi connectivity index (χ0) is 15.8. The lowest BCUT2D eigenvalue weighted by Gasteiger charge is -2.10. The normalized spacial score (nSPS) is 10.5. The Morgan fingerprint density at radius 2 is 2.00 bits per heavy atom. The Labute approximate surface area is 131 Å². The summed E-state index contributed by atoms with van der Waals surface area (Å²) in [5.74, 6) is 1.09. The van der Waals surface area contributed by atoms with Crippen LogP contribution in [-0.2, 0) is 6.42 Å². The van der Waals surface area contributed by atoms with Crippen LogP contribution in [0.3, 0.4) is 0 Å². The van der Waals surface area contributed by atoms with Crippen LogP contribution in [0.4, 0.5) is 0 Å². The van der Waals surface area contributed by atoms with Gasteiger partial charge in [-0.2, -0.15) is 0 Å². The maximum atomic E-state index is 12.0. The van der Waals surface area contributed by atoms with E-state index in [0.29, 0.717) is 30.4 Å². The molecule has 0 radical (unpaired) electrons. The Balaban J connectivity index is 1.87. The second-order valence-electron chi connectivity index (χ2n) is 5.59. The fourth-order valence-electron chi connectivity index (χ4n) is 1.96. The number of aromatic nitrogens is 1. The third kappa shape index (κ3) is 5.20. The number of nitrogens with one attached hydrogen (secondary N) is 1. The Kier molecular flexibility index (Phi) is 5.95. The van der Waals surface area contributed by atoms with Gasteiger partial charge in [0.2, 0.25) is 0 Å². The number of pyridine rings is 1. The van der Waals surface area contributed by atoms with E-state index in [4.69, 9.17) is 4.74 Å². The van der Waals surface area contributed by atoms with E-state index in [2.05, 4.69) is 24.1 Å². The number of amides is 1. The quantitative estimate of drug-likeness (QED) is 0.854. The second-order valence-corrected chi connectivity index (χ2v) is 5.59. The molecule has 0 spiro atoms. The van der Waals surface area contributed by atoms with Crippen molar-refractivity contribution in [3.63, 3.8) is 0 Å². The lowest BCUT2D eigenvalue weighted by atomic mass is 10.1. The number of carbonyl (C=O) groups is 1. The predicted octanol–water partition coefficient (Wildman–Crippen LogP) is 3.09. The Bertz CT molecular complexity index is 597. The lowest BCUT2D eigenvalue weighted by molar-refractivity contribution is 0.0948. The van der Waals surface area contributed by atoms with Crippen molar-refractivity contribution in [2.75, 3.05) is 13.2 Å². The molecule has 0 saturated heterocycles. The van der Waals surface area contributed by atoms with Gasteiger partial charge in [0, 0.05) is 30.9 Å². The molecular weight excluding hydrogens is 276 g/mol. The average Bonchev–Trinajstić information content (AvgIpc) is 2.54. The molecular formula is C18H22N2O2. The van der Waals surface area contributed by atoms with Gasteiger partial charge in [-0.15, -0.1) is 0 Å². The monoisotopic (exact) mass is 298 g/mol. The van der Waals surface area contributed by atoms with E-state index in [1.165, 1.54) is 5.56 Å². The van der Waals surface area contributed by atoms with Crippen LogP contribution in [0.25, 0.3) is 0 Å². The molecule has 4 nitrogen and oxygen atoms in total. The number of rotatable bonds is 7. The summed E-state index contributed by atoms with van der Waals surface area (Å²) in [6.45, 7) is 5.38. The topological polar surface area (TPSA) is 51.2 Å². The maximum absolute atomic E-state index is 12.0. The first kappa shape index (κ1) is 16.0. The zero-order valence-corrected chi connectivity index (χ0v) is 13.1. The first-order valence-electron chi connectivity index (χ1n) is 7.55. The van der Waals surface area contributed by atoms with Gasteiger partial charge in [-0.1, -0.05) is 19.9 Å². The Hall–Kier alpha value is -2.36. The molecule has 0 saturated carbocycles. The van der Waals surface area contributed by atoms with Crippen LogP contribution in [-0.4, -0.2) is 24.0 Å². The summed E-state index contributed by atoms with van der Waals surface area (Å²) < 4.78 is 5.73. The predicted molar refractivity (Wildman–Crippen MR) is 87.0 cm³/mol. The van der Waals surface area contributed by atoms with E-state index in [1.807, 2.05) is 24.3 Å². The summed E-state index contributed by atoms with van der Waals surface area (Å²) in [6.07, 6.45) is 4.36. The highest BCUT2D eigenvalue weighted by Gasteiger charge is 2.07. The smallest absolute Gasteiger partial charge is 0.251 e. The molecule has 22 heavy (non-hydrogen) atoms. The fraction of sp³-hybridized carbons (Fsp3) is 0.333. The molecule has 1 N–H and O–H groups in total. The van der Waals surface area contributed by atoms with Crippen LogP contribution in [0.15, 0.2) is 48.8 Å². The van der Waals surface area contributed by atoms with Crippen LogP contribution in [0, 0.1) is 5.92 Å². The molecule has 1 amide bonds. The van der Waals surface area contributed by atoms with E-state index in [1.54, 1.807) is 24.5 Å². The van der Waals surface area contributed by atoms with Crippen molar-refractivity contribution in [2.45, 2.75) is 20.3 Å². The molecule has 0 aliphatic rings. The lowest BCUT2D eigenvalue weighted by Crippen LogP contribution is -2.27. The number of carbonyl (C=O) groups excluding carboxylic acids is 1. The summed E-state index contributed by atoms with van der Waals surface area (Å²) in [5, 5.41) is 2.91. The molecule has 2 rings (SSSR count). The minimum atomic E-state index is -0.0618. The van der Waals surface area contributed by atoms with E-state index >= 15 is 0 Å². The number of benzene rings is 1. The fourth-order valence-corrected chi connectivity index (χ4v) is 1.96. The molecule has 0 fully saturated rings. The largest absolute Gasteiger partial charge is 0.493 e. The highest BCUT2D eigenvalue weighted by molar-refractivity contribution is 5.94. The molecule has 0 aliphatic carbocycles. The SMILES string of the molecule is CC(C)CNC(=O)c1cccc(OCCc2ccncc2)c1. The van der Waals surface area contributed by atoms with E-state index in [-0.39, 0.29) is 5.91 Å². The Morgan fingerprint density at radius 1 is 1.23 bits per heavy atom. The molecule has 1 aromatic heterocycles. The average molecular weight is 298 g/mol. The number of hydrogen-bond acceptors (Lipinski definition) is 3. The number of nitrogens with zero attached hydrogens (tertiary/aromatic N) is 1.